The Balaban J connectivity index is 1.45. The molecule has 170 valence electrons. The van der Waals surface area contributed by atoms with E-state index < -0.39 is 11.5 Å². The quantitative estimate of drug-likeness (QED) is 0.311. The van der Waals surface area contributed by atoms with Crippen LogP contribution in [-0.2, 0) is 0 Å². The topological polar surface area (TPSA) is 141 Å². The van der Waals surface area contributed by atoms with Gasteiger partial charge in [0.05, 0.1) is 24.3 Å². The smallest absolute Gasteiger partial charge is 0.326 e. The highest BCUT2D eigenvalue weighted by molar-refractivity contribution is 5.62. The van der Waals surface area contributed by atoms with E-state index in [0.717, 1.165) is 12.8 Å². The Kier molecular flexibility index (Phi) is 4.50. The monoisotopic (exact) mass is 459 g/mol. The van der Waals surface area contributed by atoms with Crippen LogP contribution in [0.25, 0.3) is 17.4 Å². The summed E-state index contributed by atoms with van der Waals surface area (Å²) in [7, 11) is 0. The molecule has 0 bridgehead atoms. The van der Waals surface area contributed by atoms with Gasteiger partial charge in [0.25, 0.3) is 0 Å². The number of hydrogen-bond donors (Lipinski definition) is 4. The molecule has 34 heavy (non-hydrogen) atoms. The van der Waals surface area contributed by atoms with Gasteiger partial charge in [-0.15, -0.1) is 0 Å². The first kappa shape index (κ1) is 19.9. The van der Waals surface area contributed by atoms with Crippen molar-refractivity contribution in [2.45, 2.75) is 18.9 Å². The molecule has 1 fully saturated rings. The van der Waals surface area contributed by atoms with Gasteiger partial charge in [-0.25, -0.2) is 19.2 Å². The fourth-order valence-electron chi connectivity index (χ4n) is 3.58. The SMILES string of the molecule is O=c1[nH]c(O)c(/C=c2/cnn3c(=NC4CC4)cc(Nc4ccc(-n5ccnc5)cc4F)nc23)[nH]1. The van der Waals surface area contributed by atoms with Gasteiger partial charge < -0.3 is 20.0 Å². The zero-order valence-electron chi connectivity index (χ0n) is 17.6. The number of halogens is 1. The number of rotatable bonds is 5. The number of imidazole rings is 2. The van der Waals surface area contributed by atoms with Crippen molar-refractivity contribution in [1.82, 2.24) is 34.1 Å². The number of anilines is 2. The number of aromatic nitrogens is 7. The predicted octanol–water partition coefficient (Wildman–Crippen LogP) is 1.13. The van der Waals surface area contributed by atoms with Crippen LogP contribution in [0.4, 0.5) is 15.9 Å². The van der Waals surface area contributed by atoms with Crippen molar-refractivity contribution >= 4 is 23.2 Å². The van der Waals surface area contributed by atoms with Crippen LogP contribution in [0.2, 0.25) is 0 Å². The molecule has 1 saturated carbocycles. The van der Waals surface area contributed by atoms with E-state index in [-0.39, 0.29) is 23.3 Å². The first-order valence-corrected chi connectivity index (χ1v) is 10.5. The van der Waals surface area contributed by atoms with Gasteiger partial charge in [0.15, 0.2) is 11.1 Å². The Morgan fingerprint density at radius 1 is 1.26 bits per heavy atom. The van der Waals surface area contributed by atoms with Crippen LogP contribution in [0.3, 0.4) is 0 Å². The van der Waals surface area contributed by atoms with E-state index in [1.54, 1.807) is 58.3 Å². The van der Waals surface area contributed by atoms with Crippen LogP contribution in [0.5, 0.6) is 5.88 Å². The summed E-state index contributed by atoms with van der Waals surface area (Å²) in [5, 5.41) is 17.9. The molecule has 4 aromatic heterocycles. The van der Waals surface area contributed by atoms with Crippen LogP contribution in [0, 0.1) is 5.82 Å². The molecule has 11 nitrogen and oxygen atoms in total. The number of hydrogen-bond acceptors (Lipinski definition) is 7. The molecule has 1 aliphatic carbocycles. The molecule has 12 heteroatoms. The van der Waals surface area contributed by atoms with E-state index in [0.29, 0.717) is 27.9 Å². The largest absolute Gasteiger partial charge is 0.493 e. The van der Waals surface area contributed by atoms with Gasteiger partial charge in [0.1, 0.15) is 17.3 Å². The standard InChI is InChI=1S/C22H18FN9O2/c23-15-8-14(31-6-5-24-11-31)3-4-16(15)27-18-9-19(26-13-1-2-13)32-20(29-18)12(10-25-32)7-17-21(33)30-22(34)28-17/h3-11,13,27,33H,1-2H2,(H2,28,30,34)/b12-7-,26-19?. The summed E-state index contributed by atoms with van der Waals surface area (Å²) in [6.45, 7) is 0. The highest BCUT2D eigenvalue weighted by Gasteiger charge is 2.20. The first-order chi connectivity index (χ1) is 16.5. The van der Waals surface area contributed by atoms with Crippen molar-refractivity contribution in [2.24, 2.45) is 4.99 Å². The second-order valence-corrected chi connectivity index (χ2v) is 7.94. The minimum Gasteiger partial charge on any atom is -0.493 e. The van der Waals surface area contributed by atoms with Gasteiger partial charge in [-0.2, -0.15) is 9.61 Å². The third kappa shape index (κ3) is 3.70. The molecule has 1 aromatic carbocycles. The summed E-state index contributed by atoms with van der Waals surface area (Å²) in [6, 6.07) is 6.72. The number of aromatic hydroxyl groups is 1. The van der Waals surface area contributed by atoms with E-state index in [4.69, 9.17) is 4.99 Å². The molecule has 4 heterocycles. The Morgan fingerprint density at radius 2 is 2.15 bits per heavy atom. The average molecular weight is 459 g/mol. The van der Waals surface area contributed by atoms with Gasteiger partial charge in [0.2, 0.25) is 5.88 Å². The molecule has 0 spiro atoms. The minimum atomic E-state index is -0.533. The van der Waals surface area contributed by atoms with Crippen LogP contribution >= 0.6 is 0 Å². The van der Waals surface area contributed by atoms with Gasteiger partial charge in [-0.05, 0) is 31.1 Å². The van der Waals surface area contributed by atoms with Gasteiger partial charge in [0, 0.05) is 35.4 Å². The summed E-state index contributed by atoms with van der Waals surface area (Å²) in [6.07, 6.45) is 10.0. The number of aromatic amines is 2. The van der Waals surface area contributed by atoms with Crippen LogP contribution in [0.1, 0.15) is 18.5 Å². The zero-order valence-corrected chi connectivity index (χ0v) is 17.6. The maximum Gasteiger partial charge on any atom is 0.326 e. The van der Waals surface area contributed by atoms with Crippen molar-refractivity contribution in [3.8, 4) is 11.6 Å². The fourth-order valence-corrected chi connectivity index (χ4v) is 3.58. The number of benzene rings is 1. The second kappa shape index (κ2) is 7.69. The van der Waals surface area contributed by atoms with Crippen LogP contribution < -0.4 is 21.7 Å². The van der Waals surface area contributed by atoms with Crippen molar-refractivity contribution in [1.29, 1.82) is 0 Å². The van der Waals surface area contributed by atoms with Gasteiger partial charge in [-0.1, -0.05) is 0 Å². The lowest BCUT2D eigenvalue weighted by atomic mass is 10.2. The first-order valence-electron chi connectivity index (χ1n) is 10.5. The molecule has 0 amide bonds. The molecule has 0 atom stereocenters. The second-order valence-electron chi connectivity index (χ2n) is 7.94. The molecule has 0 saturated heterocycles. The predicted molar refractivity (Wildman–Crippen MR) is 120 cm³/mol. The summed E-state index contributed by atoms with van der Waals surface area (Å²) in [4.78, 5) is 29.5. The maximum absolute atomic E-state index is 14.9. The van der Waals surface area contributed by atoms with E-state index in [9.17, 15) is 14.3 Å². The van der Waals surface area contributed by atoms with Crippen molar-refractivity contribution in [3.63, 3.8) is 0 Å². The van der Waals surface area contributed by atoms with E-state index >= 15 is 0 Å². The summed E-state index contributed by atoms with van der Waals surface area (Å²) >= 11 is 0. The number of fused-ring (bicyclic) bond motifs is 1. The number of H-pyrrole nitrogens is 2. The van der Waals surface area contributed by atoms with Crippen molar-refractivity contribution < 1.29 is 9.50 Å². The van der Waals surface area contributed by atoms with E-state index in [1.807, 2.05) is 0 Å². The molecular formula is C22H18FN9O2. The molecule has 6 rings (SSSR count). The Labute approximate surface area is 190 Å². The third-order valence-electron chi connectivity index (χ3n) is 5.40. The Bertz CT molecular complexity index is 1690. The highest BCUT2D eigenvalue weighted by atomic mass is 19.1. The van der Waals surface area contributed by atoms with Crippen LogP contribution in [-0.4, -0.2) is 45.3 Å². The van der Waals surface area contributed by atoms with Gasteiger partial charge >= 0.3 is 5.69 Å². The summed E-state index contributed by atoms with van der Waals surface area (Å²) in [5.41, 5.74) is 1.55. The summed E-state index contributed by atoms with van der Waals surface area (Å²) in [5.74, 6) is -0.367. The zero-order chi connectivity index (χ0) is 23.2. The summed E-state index contributed by atoms with van der Waals surface area (Å²) < 4.78 is 18.2. The number of nitrogens with zero attached hydrogens (tertiary/aromatic N) is 6. The number of nitrogens with one attached hydrogen (secondary N) is 3. The molecule has 0 unspecified atom stereocenters. The van der Waals surface area contributed by atoms with E-state index in [2.05, 4.69) is 30.4 Å². The highest BCUT2D eigenvalue weighted by Crippen LogP contribution is 2.23. The molecule has 0 radical (unpaired) electrons. The molecular weight excluding hydrogens is 441 g/mol. The molecule has 4 N–H and O–H groups in total. The lowest BCUT2D eigenvalue weighted by Crippen LogP contribution is -2.20. The van der Waals surface area contributed by atoms with Crippen LogP contribution in [0.15, 0.2) is 59.0 Å². The molecule has 5 aromatic rings. The lowest BCUT2D eigenvalue weighted by molar-refractivity contribution is 0.454. The minimum absolute atomic E-state index is 0.196. The Hall–Kier alpha value is -4.74. The molecule has 0 aliphatic heterocycles. The normalized spacial score (nSPS) is 14.9. The fraction of sp³-hybridized carbons (Fsp3) is 0.136. The average Bonchev–Trinajstić information content (AvgIpc) is 3.18. The van der Waals surface area contributed by atoms with Crippen molar-refractivity contribution in [3.05, 3.63) is 81.9 Å². The molecule has 1 aliphatic rings. The van der Waals surface area contributed by atoms with E-state index in [1.165, 1.54) is 6.07 Å². The third-order valence-corrected chi connectivity index (χ3v) is 5.40. The van der Waals surface area contributed by atoms with Gasteiger partial charge in [-0.3, -0.25) is 9.98 Å². The Morgan fingerprint density at radius 3 is 2.85 bits per heavy atom. The maximum atomic E-state index is 14.9. The lowest BCUT2D eigenvalue weighted by Gasteiger charge is -2.09. The van der Waals surface area contributed by atoms with Crippen molar-refractivity contribution in [2.75, 3.05) is 5.32 Å².